The number of ether oxygens (including phenoxy) is 1. The van der Waals surface area contributed by atoms with Crippen molar-refractivity contribution in [2.45, 2.75) is 40.3 Å². The second-order valence-corrected chi connectivity index (χ2v) is 6.00. The minimum absolute atomic E-state index is 0.685. The van der Waals surface area contributed by atoms with Crippen LogP contribution < -0.4 is 5.32 Å². The predicted molar refractivity (Wildman–Crippen MR) is 89.6 cm³/mol. The molecule has 0 aliphatic heterocycles. The van der Waals surface area contributed by atoms with Gasteiger partial charge in [-0.1, -0.05) is 32.9 Å². The van der Waals surface area contributed by atoms with Crippen molar-refractivity contribution < 1.29 is 4.74 Å². The van der Waals surface area contributed by atoms with E-state index >= 15 is 0 Å². The van der Waals surface area contributed by atoms with E-state index in [-0.39, 0.29) is 0 Å². The summed E-state index contributed by atoms with van der Waals surface area (Å²) in [5.74, 6) is 0.685. The van der Waals surface area contributed by atoms with E-state index in [2.05, 4.69) is 61.1 Å². The fourth-order valence-electron chi connectivity index (χ4n) is 2.54. The lowest BCUT2D eigenvalue weighted by Gasteiger charge is -2.10. The van der Waals surface area contributed by atoms with E-state index in [1.807, 2.05) is 0 Å². The van der Waals surface area contributed by atoms with Crippen molar-refractivity contribution in [3.63, 3.8) is 0 Å². The monoisotopic (exact) mass is 288 g/mol. The number of nitrogens with zero attached hydrogens (tertiary/aromatic N) is 1. The van der Waals surface area contributed by atoms with Crippen molar-refractivity contribution in [1.82, 2.24) is 9.88 Å². The minimum Gasteiger partial charge on any atom is -0.380 e. The van der Waals surface area contributed by atoms with Gasteiger partial charge in [0, 0.05) is 36.8 Å². The average Bonchev–Trinajstić information content (AvgIpc) is 2.87. The number of fused-ring (bicyclic) bond motifs is 1. The topological polar surface area (TPSA) is 26.2 Å². The molecule has 0 saturated heterocycles. The van der Waals surface area contributed by atoms with Crippen LogP contribution in [-0.2, 0) is 17.8 Å². The van der Waals surface area contributed by atoms with Crippen molar-refractivity contribution in [2.24, 2.45) is 5.92 Å². The van der Waals surface area contributed by atoms with Gasteiger partial charge in [-0.3, -0.25) is 0 Å². The predicted octanol–water partition coefficient (Wildman–Crippen LogP) is 3.81. The third-order valence-corrected chi connectivity index (χ3v) is 3.60. The first-order valence-corrected chi connectivity index (χ1v) is 8.07. The molecule has 1 aromatic carbocycles. The van der Waals surface area contributed by atoms with Gasteiger partial charge in [0.2, 0.25) is 0 Å². The molecule has 0 amide bonds. The zero-order chi connectivity index (χ0) is 15.1. The van der Waals surface area contributed by atoms with Crippen molar-refractivity contribution in [3.05, 3.63) is 36.0 Å². The molecule has 0 bridgehead atoms. The molecule has 0 atom stereocenters. The Balaban J connectivity index is 2.02. The van der Waals surface area contributed by atoms with Gasteiger partial charge in [-0.2, -0.15) is 0 Å². The number of hydrogen-bond donors (Lipinski definition) is 1. The Bertz CT molecular complexity index is 545. The lowest BCUT2D eigenvalue weighted by molar-refractivity contribution is 0.127. The van der Waals surface area contributed by atoms with E-state index in [0.717, 1.165) is 39.3 Å². The van der Waals surface area contributed by atoms with Crippen LogP contribution >= 0.6 is 0 Å². The second kappa shape index (κ2) is 8.20. The maximum absolute atomic E-state index is 5.59. The van der Waals surface area contributed by atoms with Crippen LogP contribution in [0.15, 0.2) is 30.5 Å². The van der Waals surface area contributed by atoms with E-state index in [1.165, 1.54) is 16.5 Å². The molecule has 116 valence electrons. The highest BCUT2D eigenvalue weighted by Crippen LogP contribution is 2.20. The van der Waals surface area contributed by atoms with Crippen LogP contribution in [0, 0.1) is 5.92 Å². The summed E-state index contributed by atoms with van der Waals surface area (Å²) in [6.45, 7) is 11.2. The normalized spacial score (nSPS) is 11.6. The number of hydrogen-bond acceptors (Lipinski definition) is 2. The molecule has 1 heterocycles. The fourth-order valence-corrected chi connectivity index (χ4v) is 2.54. The SMILES string of the molecule is CCCOCCn1ccc2c(CNCC(C)C)cccc21. The Kier molecular flexibility index (Phi) is 6.27. The highest BCUT2D eigenvalue weighted by atomic mass is 16.5. The van der Waals surface area contributed by atoms with E-state index in [1.54, 1.807) is 0 Å². The maximum atomic E-state index is 5.59. The first kappa shape index (κ1) is 16.1. The summed E-state index contributed by atoms with van der Waals surface area (Å²) >= 11 is 0. The summed E-state index contributed by atoms with van der Waals surface area (Å²) in [7, 11) is 0. The van der Waals surface area contributed by atoms with Crippen LogP contribution in [0.3, 0.4) is 0 Å². The van der Waals surface area contributed by atoms with Crippen LogP contribution in [0.5, 0.6) is 0 Å². The molecule has 0 radical (unpaired) electrons. The van der Waals surface area contributed by atoms with Gasteiger partial charge in [0.25, 0.3) is 0 Å². The third-order valence-electron chi connectivity index (χ3n) is 3.60. The Morgan fingerprint density at radius 2 is 2.05 bits per heavy atom. The molecular formula is C18H28N2O. The Morgan fingerprint density at radius 3 is 2.81 bits per heavy atom. The molecule has 0 unspecified atom stereocenters. The molecule has 0 aliphatic carbocycles. The Morgan fingerprint density at radius 1 is 1.19 bits per heavy atom. The number of rotatable bonds is 9. The highest BCUT2D eigenvalue weighted by molar-refractivity contribution is 5.83. The summed E-state index contributed by atoms with van der Waals surface area (Å²) < 4.78 is 7.88. The molecule has 2 aromatic rings. The van der Waals surface area contributed by atoms with Crippen LogP contribution in [-0.4, -0.2) is 24.3 Å². The molecule has 0 fully saturated rings. The van der Waals surface area contributed by atoms with Gasteiger partial charge in [0.15, 0.2) is 0 Å². The average molecular weight is 288 g/mol. The fraction of sp³-hybridized carbons (Fsp3) is 0.556. The summed E-state index contributed by atoms with van der Waals surface area (Å²) in [6, 6.07) is 8.79. The van der Waals surface area contributed by atoms with Crippen molar-refractivity contribution in [1.29, 1.82) is 0 Å². The number of aromatic nitrogens is 1. The van der Waals surface area contributed by atoms with Gasteiger partial charge < -0.3 is 14.6 Å². The first-order chi connectivity index (χ1) is 10.2. The molecule has 3 heteroatoms. The standard InChI is InChI=1S/C18H28N2O/c1-4-11-21-12-10-20-9-8-17-16(6-5-7-18(17)20)14-19-13-15(2)3/h5-9,15,19H,4,10-14H2,1-3H3. The molecule has 1 aromatic heterocycles. The van der Waals surface area contributed by atoms with Gasteiger partial charge in [-0.05, 0) is 36.6 Å². The third kappa shape index (κ3) is 4.58. The summed E-state index contributed by atoms with van der Waals surface area (Å²) in [5.41, 5.74) is 2.68. The van der Waals surface area contributed by atoms with Gasteiger partial charge in [-0.15, -0.1) is 0 Å². The van der Waals surface area contributed by atoms with Crippen molar-refractivity contribution in [3.8, 4) is 0 Å². The Labute approximate surface area is 128 Å². The summed E-state index contributed by atoms with van der Waals surface area (Å²) in [6.07, 6.45) is 3.25. The molecule has 0 aliphatic rings. The summed E-state index contributed by atoms with van der Waals surface area (Å²) in [4.78, 5) is 0. The molecule has 0 spiro atoms. The van der Waals surface area contributed by atoms with Gasteiger partial charge in [0.1, 0.15) is 0 Å². The lowest BCUT2D eigenvalue weighted by atomic mass is 10.1. The van der Waals surface area contributed by atoms with Crippen LogP contribution in [0.1, 0.15) is 32.8 Å². The molecule has 1 N–H and O–H groups in total. The molecule has 2 rings (SSSR count). The zero-order valence-electron chi connectivity index (χ0n) is 13.6. The smallest absolute Gasteiger partial charge is 0.0645 e. The Hall–Kier alpha value is -1.32. The molecule has 21 heavy (non-hydrogen) atoms. The van der Waals surface area contributed by atoms with Gasteiger partial charge in [-0.25, -0.2) is 0 Å². The van der Waals surface area contributed by atoms with E-state index < -0.39 is 0 Å². The largest absolute Gasteiger partial charge is 0.380 e. The lowest BCUT2D eigenvalue weighted by Crippen LogP contribution is -2.19. The zero-order valence-corrected chi connectivity index (χ0v) is 13.6. The number of benzene rings is 1. The van der Waals surface area contributed by atoms with Gasteiger partial charge >= 0.3 is 0 Å². The molecule has 3 nitrogen and oxygen atoms in total. The van der Waals surface area contributed by atoms with E-state index in [0.29, 0.717) is 5.92 Å². The van der Waals surface area contributed by atoms with Crippen LogP contribution in [0.4, 0.5) is 0 Å². The van der Waals surface area contributed by atoms with Crippen LogP contribution in [0.25, 0.3) is 10.9 Å². The first-order valence-electron chi connectivity index (χ1n) is 8.07. The van der Waals surface area contributed by atoms with E-state index in [9.17, 15) is 0 Å². The maximum Gasteiger partial charge on any atom is 0.0645 e. The van der Waals surface area contributed by atoms with Gasteiger partial charge in [0.05, 0.1) is 6.61 Å². The van der Waals surface area contributed by atoms with Crippen LogP contribution in [0.2, 0.25) is 0 Å². The second-order valence-electron chi connectivity index (χ2n) is 6.00. The number of nitrogens with one attached hydrogen (secondary N) is 1. The quantitative estimate of drug-likeness (QED) is 0.710. The highest BCUT2D eigenvalue weighted by Gasteiger charge is 2.05. The minimum atomic E-state index is 0.685. The van der Waals surface area contributed by atoms with Crippen molar-refractivity contribution in [2.75, 3.05) is 19.8 Å². The summed E-state index contributed by atoms with van der Waals surface area (Å²) in [5, 5.41) is 4.88. The molecule has 0 saturated carbocycles. The van der Waals surface area contributed by atoms with E-state index in [4.69, 9.17) is 4.74 Å². The van der Waals surface area contributed by atoms with Crippen molar-refractivity contribution >= 4 is 10.9 Å². The molecular weight excluding hydrogens is 260 g/mol.